The van der Waals surface area contributed by atoms with Crippen molar-refractivity contribution in [3.05, 3.63) is 71.8 Å². The van der Waals surface area contributed by atoms with Crippen molar-refractivity contribution in [1.29, 1.82) is 0 Å². The SMILES string of the molecule is CC(C)(C)OC(=O)N1[C@H](C(=O)OCC(=O)c2cccc3c(-c4ccc(C(=O)COC(=O)[C@@H]5C[C@H]6C[C@H]6N5C(=O)OC(C)(C)C)cc4)cccc23)C2[C@@H]3[C@H]1[C@]23C. The van der Waals surface area contributed by atoms with Crippen LogP contribution in [0.2, 0.25) is 0 Å². The summed E-state index contributed by atoms with van der Waals surface area (Å²) in [5, 5.41) is 1.47. The standard InChI is InChI=1S/C43H46N2O10/c1-41(2,3)54-39(50)44-29-18-24(29)19-30(44)37(48)52-20-31(46)23-16-14-22(15-17-23)25-10-8-12-27-26(25)11-9-13-28(27)32(47)21-53-38(49)35-33-34-36(43(33,34)7)45(35)40(51)55-42(4,5)6/h8-17,24,29-30,33-36H,18-21H2,1-7H3/t24-,29-,30+,33?,34-,35+,36+,43-/m1/s1. The molecule has 3 aliphatic heterocycles. The minimum absolute atomic E-state index is 0.0172. The Labute approximate surface area is 319 Å². The number of piperidine rings is 2. The number of fused-ring (bicyclic) bond motifs is 3. The molecule has 0 aromatic heterocycles. The van der Waals surface area contributed by atoms with Crippen molar-refractivity contribution in [2.24, 2.45) is 23.2 Å². The summed E-state index contributed by atoms with van der Waals surface area (Å²) in [6.45, 7) is 11.8. The number of likely N-dealkylation sites (tertiary alicyclic amines) is 1. The summed E-state index contributed by atoms with van der Waals surface area (Å²) >= 11 is 0. The number of benzene rings is 3. The molecule has 6 aliphatic rings. The molecule has 0 radical (unpaired) electrons. The van der Waals surface area contributed by atoms with Crippen molar-refractivity contribution >= 4 is 46.5 Å². The highest BCUT2D eigenvalue weighted by atomic mass is 16.6. The van der Waals surface area contributed by atoms with E-state index in [0.717, 1.165) is 22.9 Å². The Morgan fingerprint density at radius 1 is 0.691 bits per heavy atom. The Balaban J connectivity index is 0.902. The number of hydrogen-bond donors (Lipinski definition) is 0. The predicted octanol–water partition coefficient (Wildman–Crippen LogP) is 6.61. The zero-order valence-corrected chi connectivity index (χ0v) is 32.1. The lowest BCUT2D eigenvalue weighted by Crippen LogP contribution is -2.46. The molecular weight excluding hydrogens is 704 g/mol. The number of esters is 2. The fourth-order valence-electron chi connectivity index (χ4n) is 9.08. The Kier molecular flexibility index (Phi) is 8.44. The molecule has 9 rings (SSSR count). The van der Waals surface area contributed by atoms with Crippen LogP contribution in [0.4, 0.5) is 9.59 Å². The molecule has 8 atom stereocenters. The van der Waals surface area contributed by atoms with Gasteiger partial charge in [-0.3, -0.25) is 19.4 Å². The zero-order chi connectivity index (χ0) is 39.4. The van der Waals surface area contributed by atoms with E-state index in [2.05, 4.69) is 6.92 Å². The maximum Gasteiger partial charge on any atom is 0.411 e. The van der Waals surface area contributed by atoms with E-state index < -0.39 is 60.6 Å². The summed E-state index contributed by atoms with van der Waals surface area (Å²) in [5.41, 5.74) is 0.873. The van der Waals surface area contributed by atoms with Gasteiger partial charge in [0.2, 0.25) is 5.78 Å². The van der Waals surface area contributed by atoms with Gasteiger partial charge in [-0.1, -0.05) is 67.6 Å². The molecule has 12 nitrogen and oxygen atoms in total. The van der Waals surface area contributed by atoms with Gasteiger partial charge in [0, 0.05) is 29.1 Å². The van der Waals surface area contributed by atoms with Crippen molar-refractivity contribution in [2.45, 2.75) is 96.7 Å². The highest BCUT2D eigenvalue weighted by Crippen LogP contribution is 2.87. The number of carbonyl (C=O) groups excluding carboxylic acids is 6. The van der Waals surface area contributed by atoms with Gasteiger partial charge in [0.25, 0.3) is 0 Å². The summed E-state index contributed by atoms with van der Waals surface area (Å²) in [6, 6.07) is 16.2. The van der Waals surface area contributed by atoms with Gasteiger partial charge in [-0.15, -0.1) is 0 Å². The van der Waals surface area contributed by atoms with Crippen LogP contribution in [0.25, 0.3) is 21.9 Å². The van der Waals surface area contributed by atoms with E-state index in [1.807, 2.05) is 24.3 Å². The number of hydrogen-bond acceptors (Lipinski definition) is 10. The van der Waals surface area contributed by atoms with E-state index in [1.54, 1.807) is 77.9 Å². The molecule has 0 N–H and O–H groups in total. The lowest BCUT2D eigenvalue weighted by molar-refractivity contribution is -0.148. The van der Waals surface area contributed by atoms with E-state index in [4.69, 9.17) is 18.9 Å². The largest absolute Gasteiger partial charge is 0.456 e. The first kappa shape index (κ1) is 36.7. The quantitative estimate of drug-likeness (QED) is 0.133. The third-order valence-corrected chi connectivity index (χ3v) is 11.8. The molecule has 2 bridgehead atoms. The average molecular weight is 751 g/mol. The highest BCUT2D eigenvalue weighted by Gasteiger charge is 2.95. The van der Waals surface area contributed by atoms with Gasteiger partial charge in [-0.25, -0.2) is 19.2 Å². The van der Waals surface area contributed by atoms with Crippen LogP contribution in [0.3, 0.4) is 0 Å². The number of nitrogens with zero attached hydrogens (tertiary/aromatic N) is 2. The van der Waals surface area contributed by atoms with Crippen LogP contribution in [0.5, 0.6) is 0 Å². The molecule has 12 heteroatoms. The molecule has 3 aromatic rings. The molecule has 3 saturated carbocycles. The second-order valence-corrected chi connectivity index (χ2v) is 17.7. The number of amides is 2. The fraction of sp³-hybridized carbons (Fsp3) is 0.488. The van der Waals surface area contributed by atoms with Gasteiger partial charge >= 0.3 is 24.1 Å². The Morgan fingerprint density at radius 3 is 1.93 bits per heavy atom. The summed E-state index contributed by atoms with van der Waals surface area (Å²) in [7, 11) is 0. The maximum atomic E-state index is 13.5. The van der Waals surface area contributed by atoms with E-state index in [1.165, 1.54) is 9.80 Å². The van der Waals surface area contributed by atoms with Crippen LogP contribution in [-0.2, 0) is 28.5 Å². The molecule has 2 amide bonds. The van der Waals surface area contributed by atoms with Gasteiger partial charge in [-0.2, -0.15) is 0 Å². The minimum atomic E-state index is -0.777. The minimum Gasteiger partial charge on any atom is -0.456 e. The summed E-state index contributed by atoms with van der Waals surface area (Å²) in [6.07, 6.45) is 0.237. The van der Waals surface area contributed by atoms with Crippen LogP contribution >= 0.6 is 0 Å². The van der Waals surface area contributed by atoms with Crippen molar-refractivity contribution in [3.63, 3.8) is 0 Å². The Morgan fingerprint density at radius 2 is 1.27 bits per heavy atom. The number of rotatable bonds is 9. The van der Waals surface area contributed by atoms with Crippen molar-refractivity contribution in [3.8, 4) is 11.1 Å². The van der Waals surface area contributed by atoms with Crippen LogP contribution in [0.15, 0.2) is 60.7 Å². The number of carbonyl (C=O) groups is 6. The normalized spacial score (nSPS) is 28.2. The number of Topliss-reactive ketones (excluding diaryl/α,β-unsaturated/α-hetero) is 2. The molecule has 1 unspecified atom stereocenters. The second kappa shape index (κ2) is 12.6. The van der Waals surface area contributed by atoms with E-state index in [-0.39, 0.29) is 46.8 Å². The van der Waals surface area contributed by atoms with Crippen LogP contribution in [-0.4, -0.2) is 94.1 Å². The topological polar surface area (TPSA) is 146 Å². The highest BCUT2D eigenvalue weighted by molar-refractivity contribution is 6.12. The Bertz CT molecular complexity index is 2150. The third kappa shape index (κ3) is 6.42. The van der Waals surface area contributed by atoms with Gasteiger partial charge in [-0.05, 0) is 93.5 Å². The molecular formula is C43H46N2O10. The summed E-state index contributed by atoms with van der Waals surface area (Å²) < 4.78 is 22.1. The van der Waals surface area contributed by atoms with Crippen LogP contribution in [0, 0.1) is 23.2 Å². The second-order valence-electron chi connectivity index (χ2n) is 17.7. The first-order chi connectivity index (χ1) is 25.9. The van der Waals surface area contributed by atoms with Gasteiger partial charge in [0.15, 0.2) is 19.0 Å². The molecule has 6 fully saturated rings. The molecule has 55 heavy (non-hydrogen) atoms. The lowest BCUT2D eigenvalue weighted by Gasteiger charge is -2.29. The molecule has 3 heterocycles. The fourth-order valence-corrected chi connectivity index (χ4v) is 9.08. The van der Waals surface area contributed by atoms with Crippen LogP contribution < -0.4 is 0 Å². The van der Waals surface area contributed by atoms with Gasteiger partial charge < -0.3 is 18.9 Å². The van der Waals surface area contributed by atoms with Gasteiger partial charge in [0.05, 0.1) is 0 Å². The lowest BCUT2D eigenvalue weighted by atomic mass is 9.94. The monoisotopic (exact) mass is 750 g/mol. The smallest absolute Gasteiger partial charge is 0.411 e. The van der Waals surface area contributed by atoms with Gasteiger partial charge in [0.1, 0.15) is 23.3 Å². The maximum absolute atomic E-state index is 13.5. The molecule has 0 spiro atoms. The third-order valence-electron chi connectivity index (χ3n) is 11.8. The van der Waals surface area contributed by atoms with E-state index in [0.29, 0.717) is 22.9 Å². The summed E-state index contributed by atoms with van der Waals surface area (Å²) in [5.74, 6) is -1.45. The van der Waals surface area contributed by atoms with Crippen molar-refractivity contribution in [2.75, 3.05) is 13.2 Å². The zero-order valence-electron chi connectivity index (χ0n) is 32.1. The molecule has 3 aromatic carbocycles. The van der Waals surface area contributed by atoms with E-state index in [9.17, 15) is 28.8 Å². The van der Waals surface area contributed by atoms with E-state index >= 15 is 0 Å². The van der Waals surface area contributed by atoms with Crippen LogP contribution in [0.1, 0.15) is 82.0 Å². The van der Waals surface area contributed by atoms with Crippen molar-refractivity contribution in [1.82, 2.24) is 9.80 Å². The molecule has 288 valence electrons. The summed E-state index contributed by atoms with van der Waals surface area (Å²) in [4.78, 5) is 81.8. The van der Waals surface area contributed by atoms with Crippen molar-refractivity contribution < 1.29 is 47.7 Å². The average Bonchev–Trinajstić information content (AvgIpc) is 4.00. The Hall–Kier alpha value is -5.26. The number of ketones is 2. The predicted molar refractivity (Wildman–Crippen MR) is 199 cm³/mol. The number of ether oxygens (including phenoxy) is 4. The first-order valence-electron chi connectivity index (χ1n) is 18.9. The molecule has 3 aliphatic carbocycles. The first-order valence-corrected chi connectivity index (χ1v) is 18.9. The molecule has 3 saturated heterocycles.